The van der Waals surface area contributed by atoms with Gasteiger partial charge >= 0.3 is 0 Å². The number of aryl methyl sites for hydroxylation is 1. The van der Waals surface area contributed by atoms with Crippen LogP contribution < -0.4 is 5.73 Å². The molecule has 1 aromatic heterocycles. The fourth-order valence-corrected chi connectivity index (χ4v) is 3.54. The molecule has 0 radical (unpaired) electrons. The molecule has 0 unspecified atom stereocenters. The van der Waals surface area contributed by atoms with Crippen LogP contribution in [0.2, 0.25) is 0 Å². The van der Waals surface area contributed by atoms with E-state index in [-0.39, 0.29) is 17.1 Å². The van der Waals surface area contributed by atoms with Gasteiger partial charge in [0.2, 0.25) is 10.0 Å². The second-order valence-corrected chi connectivity index (χ2v) is 6.75. The molecule has 2 N–H and O–H groups in total. The Morgan fingerprint density at radius 3 is 2.55 bits per heavy atom. The topological polar surface area (TPSA) is 76.5 Å². The molecule has 0 atom stereocenters. The van der Waals surface area contributed by atoms with Gasteiger partial charge < -0.3 is 10.2 Å². The molecule has 0 bridgehead atoms. The van der Waals surface area contributed by atoms with Crippen LogP contribution in [0.5, 0.6) is 0 Å². The van der Waals surface area contributed by atoms with Gasteiger partial charge in [-0.1, -0.05) is 6.07 Å². The molecule has 0 saturated heterocycles. The molecule has 0 spiro atoms. The molecule has 20 heavy (non-hydrogen) atoms. The number of nitrogens with two attached hydrogens (primary N) is 1. The largest absolute Gasteiger partial charge is 0.468 e. The monoisotopic (exact) mass is 294 g/mol. The normalized spacial score (nSPS) is 12.0. The molecule has 2 aromatic rings. The van der Waals surface area contributed by atoms with Gasteiger partial charge in [0.05, 0.1) is 18.5 Å². The summed E-state index contributed by atoms with van der Waals surface area (Å²) in [5.74, 6) is 0.583. The SMILES string of the molecule is Cc1ccc(N)c(S(=O)(=O)N(C)Cc2ccco2)c1C. The number of anilines is 1. The quantitative estimate of drug-likeness (QED) is 0.878. The van der Waals surface area contributed by atoms with Crippen molar-refractivity contribution in [1.82, 2.24) is 4.31 Å². The van der Waals surface area contributed by atoms with E-state index in [0.29, 0.717) is 11.3 Å². The summed E-state index contributed by atoms with van der Waals surface area (Å²) < 4.78 is 31.7. The number of benzene rings is 1. The summed E-state index contributed by atoms with van der Waals surface area (Å²) in [7, 11) is -2.14. The summed E-state index contributed by atoms with van der Waals surface area (Å²) in [6.45, 7) is 3.79. The van der Waals surface area contributed by atoms with Crippen molar-refractivity contribution in [1.29, 1.82) is 0 Å². The molecular weight excluding hydrogens is 276 g/mol. The summed E-state index contributed by atoms with van der Waals surface area (Å²) in [6, 6.07) is 6.90. The first kappa shape index (κ1) is 14.6. The van der Waals surface area contributed by atoms with Crippen molar-refractivity contribution < 1.29 is 12.8 Å². The van der Waals surface area contributed by atoms with Gasteiger partial charge in [0.15, 0.2) is 0 Å². The van der Waals surface area contributed by atoms with Crippen molar-refractivity contribution in [3.05, 3.63) is 47.4 Å². The summed E-state index contributed by atoms with van der Waals surface area (Å²) in [5.41, 5.74) is 7.69. The molecular formula is C14H18N2O3S. The zero-order chi connectivity index (χ0) is 14.9. The molecule has 1 heterocycles. The fourth-order valence-electron chi connectivity index (χ4n) is 2.02. The molecule has 2 rings (SSSR count). The summed E-state index contributed by atoms with van der Waals surface area (Å²) in [4.78, 5) is 0.173. The molecule has 0 aliphatic carbocycles. The van der Waals surface area contributed by atoms with Gasteiger partial charge in [0, 0.05) is 7.05 Å². The third-order valence-electron chi connectivity index (χ3n) is 3.33. The lowest BCUT2D eigenvalue weighted by Crippen LogP contribution is -2.28. The molecule has 0 fully saturated rings. The number of hydrogen-bond donors (Lipinski definition) is 1. The van der Waals surface area contributed by atoms with Crippen LogP contribution in [-0.2, 0) is 16.6 Å². The highest BCUT2D eigenvalue weighted by Gasteiger charge is 2.26. The molecule has 0 aliphatic heterocycles. The second kappa shape index (κ2) is 5.30. The maximum absolute atomic E-state index is 12.7. The van der Waals surface area contributed by atoms with Gasteiger partial charge in [-0.15, -0.1) is 0 Å². The van der Waals surface area contributed by atoms with Crippen LogP contribution in [0.3, 0.4) is 0 Å². The first-order valence-electron chi connectivity index (χ1n) is 6.18. The van der Waals surface area contributed by atoms with E-state index in [1.807, 2.05) is 13.0 Å². The first-order valence-corrected chi connectivity index (χ1v) is 7.62. The zero-order valence-electron chi connectivity index (χ0n) is 11.8. The Morgan fingerprint density at radius 2 is 1.95 bits per heavy atom. The van der Waals surface area contributed by atoms with Gasteiger partial charge in [-0.05, 0) is 43.2 Å². The Morgan fingerprint density at radius 1 is 1.25 bits per heavy atom. The molecule has 6 heteroatoms. The number of nitrogens with zero attached hydrogens (tertiary/aromatic N) is 1. The average Bonchev–Trinajstić information content (AvgIpc) is 2.87. The van der Waals surface area contributed by atoms with Crippen LogP contribution in [0, 0.1) is 13.8 Å². The summed E-state index contributed by atoms with van der Waals surface area (Å²) in [5, 5.41) is 0. The Balaban J connectivity index is 2.42. The second-order valence-electron chi connectivity index (χ2n) is 4.77. The van der Waals surface area contributed by atoms with Crippen molar-refractivity contribution in [2.75, 3.05) is 12.8 Å². The highest BCUT2D eigenvalue weighted by Crippen LogP contribution is 2.28. The van der Waals surface area contributed by atoms with E-state index in [1.54, 1.807) is 25.1 Å². The van der Waals surface area contributed by atoms with E-state index in [4.69, 9.17) is 10.2 Å². The summed E-state index contributed by atoms with van der Waals surface area (Å²) in [6.07, 6.45) is 1.52. The Hall–Kier alpha value is -1.79. The lowest BCUT2D eigenvalue weighted by atomic mass is 10.1. The predicted octanol–water partition coefficient (Wildman–Crippen LogP) is 2.30. The predicted molar refractivity (Wildman–Crippen MR) is 77.7 cm³/mol. The Kier molecular flexibility index (Phi) is 3.87. The molecule has 0 aliphatic rings. The average molecular weight is 294 g/mol. The van der Waals surface area contributed by atoms with Gasteiger partial charge in [-0.25, -0.2) is 8.42 Å². The van der Waals surface area contributed by atoms with Gasteiger partial charge in [0.1, 0.15) is 10.7 Å². The smallest absolute Gasteiger partial charge is 0.245 e. The van der Waals surface area contributed by atoms with Crippen molar-refractivity contribution in [2.24, 2.45) is 0 Å². The van der Waals surface area contributed by atoms with E-state index < -0.39 is 10.0 Å². The van der Waals surface area contributed by atoms with Crippen molar-refractivity contribution in [3.63, 3.8) is 0 Å². The van der Waals surface area contributed by atoms with E-state index in [2.05, 4.69) is 0 Å². The van der Waals surface area contributed by atoms with Crippen LogP contribution in [0.1, 0.15) is 16.9 Å². The number of hydrogen-bond acceptors (Lipinski definition) is 4. The molecule has 108 valence electrons. The van der Waals surface area contributed by atoms with Gasteiger partial charge in [0.25, 0.3) is 0 Å². The number of nitrogen functional groups attached to an aromatic ring is 1. The number of furan rings is 1. The minimum Gasteiger partial charge on any atom is -0.468 e. The maximum atomic E-state index is 12.7. The standard InChI is InChI=1S/C14H18N2O3S/c1-10-6-7-13(15)14(11(10)2)20(17,18)16(3)9-12-5-4-8-19-12/h4-8H,9,15H2,1-3H3. The third-order valence-corrected chi connectivity index (χ3v) is 5.34. The molecule has 5 nitrogen and oxygen atoms in total. The van der Waals surface area contributed by atoms with Crippen LogP contribution in [0.25, 0.3) is 0 Å². The maximum Gasteiger partial charge on any atom is 0.245 e. The van der Waals surface area contributed by atoms with Gasteiger partial charge in [-0.3, -0.25) is 0 Å². The van der Waals surface area contributed by atoms with Crippen molar-refractivity contribution >= 4 is 15.7 Å². The zero-order valence-corrected chi connectivity index (χ0v) is 12.6. The lowest BCUT2D eigenvalue weighted by molar-refractivity contribution is 0.406. The van der Waals surface area contributed by atoms with E-state index in [1.165, 1.54) is 17.6 Å². The van der Waals surface area contributed by atoms with Crippen LogP contribution in [0.4, 0.5) is 5.69 Å². The van der Waals surface area contributed by atoms with Crippen LogP contribution >= 0.6 is 0 Å². The van der Waals surface area contributed by atoms with Gasteiger partial charge in [-0.2, -0.15) is 4.31 Å². The number of sulfonamides is 1. The minimum atomic E-state index is -3.65. The Bertz CT molecular complexity index is 706. The van der Waals surface area contributed by atoms with E-state index in [9.17, 15) is 8.42 Å². The first-order chi connectivity index (χ1) is 9.34. The molecule has 1 aromatic carbocycles. The third kappa shape index (κ3) is 2.57. The highest BCUT2D eigenvalue weighted by molar-refractivity contribution is 7.89. The number of rotatable bonds is 4. The van der Waals surface area contributed by atoms with Crippen LogP contribution in [0.15, 0.2) is 39.8 Å². The Labute approximate surface area is 119 Å². The van der Waals surface area contributed by atoms with Crippen molar-refractivity contribution in [3.8, 4) is 0 Å². The lowest BCUT2D eigenvalue weighted by Gasteiger charge is -2.19. The van der Waals surface area contributed by atoms with Crippen LogP contribution in [-0.4, -0.2) is 19.8 Å². The molecule has 0 amide bonds. The van der Waals surface area contributed by atoms with Crippen molar-refractivity contribution in [2.45, 2.75) is 25.3 Å². The minimum absolute atomic E-state index is 0.169. The highest BCUT2D eigenvalue weighted by atomic mass is 32.2. The molecule has 0 saturated carbocycles. The van der Waals surface area contributed by atoms with E-state index >= 15 is 0 Å². The van der Waals surface area contributed by atoms with E-state index in [0.717, 1.165) is 5.56 Å². The summed E-state index contributed by atoms with van der Waals surface area (Å²) >= 11 is 0. The fraction of sp³-hybridized carbons (Fsp3) is 0.286.